The summed E-state index contributed by atoms with van der Waals surface area (Å²) in [6, 6.07) is 0. The van der Waals surface area contributed by atoms with Crippen LogP contribution in [0.5, 0.6) is 0 Å². The van der Waals surface area contributed by atoms with Gasteiger partial charge in [-0.2, -0.15) is 0 Å². The maximum Gasteiger partial charge on any atom is 0.359 e. The molecule has 0 radical (unpaired) electrons. The van der Waals surface area contributed by atoms with Crippen molar-refractivity contribution in [3.8, 4) is 0 Å². The van der Waals surface area contributed by atoms with E-state index in [-0.39, 0.29) is 6.54 Å². The first-order chi connectivity index (χ1) is 15.8. The number of hydrogen-bond donors (Lipinski definition) is 2. The number of quaternary nitrogens is 1. The molecule has 0 saturated carbocycles. The number of carbonyl (C=O) groups excluding carboxylic acids is 1. The lowest BCUT2D eigenvalue weighted by atomic mass is 10.0. The van der Waals surface area contributed by atoms with Crippen molar-refractivity contribution in [2.45, 2.75) is 110 Å². The highest BCUT2D eigenvalue weighted by atomic mass is 16.4. The van der Waals surface area contributed by atoms with Crippen LogP contribution < -0.4 is 5.11 Å². The predicted octanol–water partition coefficient (Wildman–Crippen LogP) is 4.54. The van der Waals surface area contributed by atoms with Gasteiger partial charge < -0.3 is 24.6 Å². The third-order valence-electron chi connectivity index (χ3n) is 6.05. The van der Waals surface area contributed by atoms with E-state index >= 15 is 0 Å². The SMILES string of the molecule is CCCC/C=C/CCCCCCCCCCCCCC[N+](CC(=O)[O-])(CC(=O)O)CC(=O)O. The molecule has 0 rings (SSSR count). The molecule has 0 aliphatic rings. The lowest BCUT2D eigenvalue weighted by Crippen LogP contribution is -2.59. The van der Waals surface area contributed by atoms with E-state index in [1.165, 1.54) is 77.0 Å². The summed E-state index contributed by atoms with van der Waals surface area (Å²) in [5.74, 6) is -3.81. The minimum Gasteiger partial charge on any atom is -0.544 e. The molecule has 0 saturated heterocycles. The highest BCUT2D eigenvalue weighted by Gasteiger charge is 2.33. The number of rotatable bonds is 24. The largest absolute Gasteiger partial charge is 0.544 e. The number of aliphatic carboxylic acids is 3. The zero-order valence-corrected chi connectivity index (χ0v) is 20.8. The average Bonchev–Trinajstić information content (AvgIpc) is 2.71. The zero-order valence-electron chi connectivity index (χ0n) is 20.8. The molecular weight excluding hydrogens is 422 g/mol. The van der Waals surface area contributed by atoms with Crippen LogP contribution in [0, 0.1) is 0 Å². The van der Waals surface area contributed by atoms with Crippen molar-refractivity contribution in [3.05, 3.63) is 12.2 Å². The van der Waals surface area contributed by atoms with Gasteiger partial charge in [0.15, 0.2) is 13.1 Å². The molecule has 7 heteroatoms. The van der Waals surface area contributed by atoms with E-state index in [4.69, 9.17) is 10.2 Å². The molecule has 0 amide bonds. The Morgan fingerprint density at radius 3 is 1.42 bits per heavy atom. The molecule has 0 heterocycles. The number of carboxylic acids is 3. The molecule has 0 unspecified atom stereocenters. The van der Waals surface area contributed by atoms with Crippen molar-refractivity contribution in [1.82, 2.24) is 0 Å². The minimum atomic E-state index is -1.42. The molecule has 0 aromatic heterocycles. The number of allylic oxidation sites excluding steroid dienone is 2. The summed E-state index contributed by atoms with van der Waals surface area (Å²) >= 11 is 0. The quantitative estimate of drug-likeness (QED) is 0.122. The van der Waals surface area contributed by atoms with E-state index in [9.17, 15) is 19.5 Å². The summed E-state index contributed by atoms with van der Waals surface area (Å²) in [6.07, 6.45) is 23.4. The van der Waals surface area contributed by atoms with Crippen LogP contribution in [0.4, 0.5) is 0 Å². The number of unbranched alkanes of at least 4 members (excludes halogenated alkanes) is 14. The van der Waals surface area contributed by atoms with Crippen LogP contribution in [0.1, 0.15) is 110 Å². The van der Waals surface area contributed by atoms with Crippen molar-refractivity contribution < 1.29 is 34.2 Å². The van der Waals surface area contributed by atoms with E-state index in [0.717, 1.165) is 19.3 Å². The molecule has 0 atom stereocenters. The van der Waals surface area contributed by atoms with Crippen LogP contribution in [-0.4, -0.2) is 58.8 Å². The molecule has 0 aliphatic carbocycles. The second kappa shape index (κ2) is 20.7. The van der Waals surface area contributed by atoms with Gasteiger partial charge in [0.05, 0.1) is 12.5 Å². The van der Waals surface area contributed by atoms with Gasteiger partial charge in [-0.15, -0.1) is 0 Å². The molecule has 2 N–H and O–H groups in total. The molecule has 0 aromatic carbocycles. The van der Waals surface area contributed by atoms with Crippen LogP contribution in [0.3, 0.4) is 0 Å². The molecule has 0 fully saturated rings. The van der Waals surface area contributed by atoms with Gasteiger partial charge in [-0.3, -0.25) is 0 Å². The monoisotopic (exact) mass is 469 g/mol. The second-order valence-electron chi connectivity index (χ2n) is 9.34. The normalized spacial score (nSPS) is 11.8. The van der Waals surface area contributed by atoms with Gasteiger partial charge in [0.1, 0.15) is 6.54 Å². The van der Waals surface area contributed by atoms with Gasteiger partial charge in [-0.25, -0.2) is 9.59 Å². The molecular formula is C26H47NO6. The minimum absolute atomic E-state index is 0.223. The summed E-state index contributed by atoms with van der Waals surface area (Å²) in [4.78, 5) is 33.3. The van der Waals surface area contributed by atoms with E-state index in [2.05, 4.69) is 19.1 Å². The van der Waals surface area contributed by atoms with E-state index < -0.39 is 42.0 Å². The Balaban J connectivity index is 3.77. The Bertz CT molecular complexity index is 520. The maximum atomic E-state index is 11.1. The predicted molar refractivity (Wildman–Crippen MR) is 129 cm³/mol. The summed E-state index contributed by atoms with van der Waals surface area (Å²) < 4.78 is -0.498. The zero-order chi connectivity index (χ0) is 24.8. The van der Waals surface area contributed by atoms with Crippen LogP contribution in [0.15, 0.2) is 12.2 Å². The van der Waals surface area contributed by atoms with E-state index in [1.807, 2.05) is 0 Å². The Hall–Kier alpha value is -1.89. The fraction of sp³-hybridized carbons (Fsp3) is 0.808. The highest BCUT2D eigenvalue weighted by Crippen LogP contribution is 2.15. The summed E-state index contributed by atoms with van der Waals surface area (Å²) in [6.45, 7) is 0.820. The number of carboxylic acid groups (broad SMARTS) is 3. The summed E-state index contributed by atoms with van der Waals surface area (Å²) in [5.41, 5.74) is 0. The summed E-state index contributed by atoms with van der Waals surface area (Å²) in [7, 11) is 0. The van der Waals surface area contributed by atoms with Crippen molar-refractivity contribution in [3.63, 3.8) is 0 Å². The van der Waals surface area contributed by atoms with Crippen LogP contribution in [0.2, 0.25) is 0 Å². The van der Waals surface area contributed by atoms with Crippen molar-refractivity contribution >= 4 is 17.9 Å². The standard InChI is InChI=1S/C26H47NO6/c1-2-3-4-5-6-7-8-9-10-11-12-13-14-15-16-17-18-19-20-27(21-24(28)29,22-25(30)31)23-26(32)33/h5-6H,2-4,7-23H2,1H3,(H2-,28,29,30,31,32,33)/b6-5+. The smallest absolute Gasteiger partial charge is 0.359 e. The summed E-state index contributed by atoms with van der Waals surface area (Å²) in [5, 5.41) is 29.3. The second-order valence-corrected chi connectivity index (χ2v) is 9.34. The number of carbonyl (C=O) groups is 3. The lowest BCUT2D eigenvalue weighted by molar-refractivity contribution is -0.909. The first-order valence-electron chi connectivity index (χ1n) is 12.9. The molecule has 33 heavy (non-hydrogen) atoms. The molecule has 0 aromatic rings. The van der Waals surface area contributed by atoms with Gasteiger partial charge in [0.2, 0.25) is 0 Å². The van der Waals surface area contributed by atoms with Crippen LogP contribution in [-0.2, 0) is 14.4 Å². The maximum absolute atomic E-state index is 11.1. The molecule has 0 spiro atoms. The topological polar surface area (TPSA) is 115 Å². The van der Waals surface area contributed by atoms with Gasteiger partial charge in [0.25, 0.3) is 0 Å². The Morgan fingerprint density at radius 1 is 0.636 bits per heavy atom. The average molecular weight is 470 g/mol. The Morgan fingerprint density at radius 2 is 1.03 bits per heavy atom. The molecule has 0 bridgehead atoms. The fourth-order valence-corrected chi connectivity index (χ4v) is 4.29. The van der Waals surface area contributed by atoms with Crippen molar-refractivity contribution in [1.29, 1.82) is 0 Å². The van der Waals surface area contributed by atoms with Gasteiger partial charge in [-0.1, -0.05) is 89.7 Å². The molecule has 7 nitrogen and oxygen atoms in total. The third kappa shape index (κ3) is 20.4. The van der Waals surface area contributed by atoms with Gasteiger partial charge in [-0.05, 0) is 32.1 Å². The highest BCUT2D eigenvalue weighted by molar-refractivity contribution is 5.72. The van der Waals surface area contributed by atoms with Gasteiger partial charge >= 0.3 is 11.9 Å². The van der Waals surface area contributed by atoms with Crippen molar-refractivity contribution in [2.24, 2.45) is 0 Å². The molecule has 0 aliphatic heterocycles. The van der Waals surface area contributed by atoms with E-state index in [0.29, 0.717) is 6.42 Å². The van der Waals surface area contributed by atoms with Crippen molar-refractivity contribution in [2.75, 3.05) is 26.2 Å². The third-order valence-corrected chi connectivity index (χ3v) is 6.05. The molecule has 192 valence electrons. The van der Waals surface area contributed by atoms with E-state index in [1.54, 1.807) is 0 Å². The Kier molecular flexibility index (Phi) is 19.5. The number of hydrogen-bond acceptors (Lipinski definition) is 4. The fourth-order valence-electron chi connectivity index (χ4n) is 4.29. The van der Waals surface area contributed by atoms with Gasteiger partial charge in [0, 0.05) is 0 Å². The first kappa shape index (κ1) is 31.1. The lowest BCUT2D eigenvalue weighted by Gasteiger charge is -2.36. The van der Waals surface area contributed by atoms with Crippen LogP contribution >= 0.6 is 0 Å². The van der Waals surface area contributed by atoms with Crippen LogP contribution in [0.25, 0.3) is 0 Å². The Labute approximate surface area is 200 Å². The number of nitrogens with zero attached hydrogens (tertiary/aromatic N) is 1. The first-order valence-corrected chi connectivity index (χ1v) is 12.9.